The van der Waals surface area contributed by atoms with Gasteiger partial charge in [0.15, 0.2) is 0 Å². The summed E-state index contributed by atoms with van der Waals surface area (Å²) in [5, 5.41) is 2.65. The van der Waals surface area contributed by atoms with E-state index in [1.807, 2.05) is 0 Å². The Morgan fingerprint density at radius 2 is 2.04 bits per heavy atom. The maximum absolute atomic E-state index is 12.4. The summed E-state index contributed by atoms with van der Waals surface area (Å²) in [6.45, 7) is 4.47. The van der Waals surface area contributed by atoms with Crippen LogP contribution in [0.25, 0.3) is 0 Å². The van der Waals surface area contributed by atoms with Crippen LogP contribution < -0.4 is 10.1 Å². The van der Waals surface area contributed by atoms with Crippen molar-refractivity contribution in [1.29, 1.82) is 0 Å². The highest BCUT2D eigenvalue weighted by atomic mass is 16.6. The highest BCUT2D eigenvalue weighted by Gasteiger charge is 2.20. The second kappa shape index (κ2) is 9.24. The Morgan fingerprint density at radius 1 is 1.29 bits per heavy atom. The van der Waals surface area contributed by atoms with Crippen LogP contribution in [0.4, 0.5) is 0 Å². The summed E-state index contributed by atoms with van der Waals surface area (Å²) >= 11 is 0. The topological polar surface area (TPSA) is 77.1 Å². The number of nitrogens with zero attached hydrogens (tertiary/aromatic N) is 1. The van der Waals surface area contributed by atoms with Crippen molar-refractivity contribution in [1.82, 2.24) is 10.2 Å². The number of hydrogen-bond donors (Lipinski definition) is 1. The molecule has 24 heavy (non-hydrogen) atoms. The summed E-state index contributed by atoms with van der Waals surface area (Å²) in [6, 6.07) is 6.94. The zero-order chi connectivity index (χ0) is 17.4. The molecular formula is C17H24N2O5. The Bertz CT molecular complexity index is 540. The van der Waals surface area contributed by atoms with Crippen LogP contribution >= 0.6 is 0 Å². The highest BCUT2D eigenvalue weighted by molar-refractivity contribution is 5.94. The number of nitrogens with one attached hydrogen (secondary N) is 1. The smallest absolute Gasteiger partial charge is 0.253 e. The second-order valence-corrected chi connectivity index (χ2v) is 5.61. The first-order valence-electron chi connectivity index (χ1n) is 7.98. The fraction of sp³-hybridized carbons (Fsp3) is 0.529. The molecule has 1 aliphatic heterocycles. The molecule has 0 saturated carbocycles. The van der Waals surface area contributed by atoms with E-state index in [0.29, 0.717) is 50.8 Å². The summed E-state index contributed by atoms with van der Waals surface area (Å²) in [7, 11) is 1.75. The minimum Gasteiger partial charge on any atom is -0.492 e. The van der Waals surface area contributed by atoms with E-state index < -0.39 is 0 Å². The Labute approximate surface area is 141 Å². The summed E-state index contributed by atoms with van der Waals surface area (Å²) < 4.78 is 16.4. The number of ether oxygens (including phenoxy) is 3. The predicted molar refractivity (Wildman–Crippen MR) is 88.1 cm³/mol. The molecule has 0 radical (unpaired) electrons. The van der Waals surface area contributed by atoms with Crippen LogP contribution in [-0.4, -0.2) is 69.4 Å². The molecule has 132 valence electrons. The fourth-order valence-corrected chi connectivity index (χ4v) is 2.34. The maximum atomic E-state index is 12.4. The van der Waals surface area contributed by atoms with E-state index in [-0.39, 0.29) is 17.9 Å². The normalized spacial score (nSPS) is 17.2. The average molecular weight is 336 g/mol. The van der Waals surface area contributed by atoms with Crippen molar-refractivity contribution in [2.75, 3.05) is 46.6 Å². The van der Waals surface area contributed by atoms with Crippen LogP contribution in [-0.2, 0) is 14.3 Å². The van der Waals surface area contributed by atoms with E-state index in [0.717, 1.165) is 0 Å². The van der Waals surface area contributed by atoms with E-state index in [2.05, 4.69) is 5.32 Å². The van der Waals surface area contributed by atoms with E-state index in [1.165, 1.54) is 6.92 Å². The van der Waals surface area contributed by atoms with Crippen LogP contribution in [0.1, 0.15) is 17.3 Å². The molecule has 2 amide bonds. The Balaban J connectivity index is 1.80. The van der Waals surface area contributed by atoms with Gasteiger partial charge in [-0.3, -0.25) is 9.59 Å². The lowest BCUT2D eigenvalue weighted by Gasteiger charge is -2.27. The van der Waals surface area contributed by atoms with Crippen molar-refractivity contribution in [3.63, 3.8) is 0 Å². The van der Waals surface area contributed by atoms with E-state index in [9.17, 15) is 9.59 Å². The molecule has 0 aromatic heterocycles. The second-order valence-electron chi connectivity index (χ2n) is 5.61. The largest absolute Gasteiger partial charge is 0.492 e. The van der Waals surface area contributed by atoms with Gasteiger partial charge in [0.1, 0.15) is 12.4 Å². The molecule has 0 spiro atoms. The van der Waals surface area contributed by atoms with Gasteiger partial charge in [-0.2, -0.15) is 0 Å². The van der Waals surface area contributed by atoms with Crippen LogP contribution in [0.5, 0.6) is 5.75 Å². The van der Waals surface area contributed by atoms with E-state index in [4.69, 9.17) is 14.2 Å². The van der Waals surface area contributed by atoms with E-state index in [1.54, 1.807) is 36.2 Å². The van der Waals surface area contributed by atoms with Gasteiger partial charge in [0, 0.05) is 26.1 Å². The monoisotopic (exact) mass is 336 g/mol. The molecule has 0 bridgehead atoms. The standard InChI is InChI=1S/C17H24N2O5/c1-13(20)18-7-8-23-15-5-3-14(4-6-15)17(21)19(2)11-16-12-22-9-10-24-16/h3-6,16H,7-12H2,1-2H3,(H,18,20). The van der Waals surface area contributed by atoms with Crippen molar-refractivity contribution in [2.45, 2.75) is 13.0 Å². The van der Waals surface area contributed by atoms with Gasteiger partial charge in [-0.1, -0.05) is 0 Å². The van der Waals surface area contributed by atoms with Gasteiger partial charge >= 0.3 is 0 Å². The molecule has 0 aliphatic carbocycles. The first-order valence-corrected chi connectivity index (χ1v) is 7.98. The van der Waals surface area contributed by atoms with Gasteiger partial charge in [0.25, 0.3) is 5.91 Å². The molecule has 1 aromatic carbocycles. The van der Waals surface area contributed by atoms with Gasteiger partial charge in [0.2, 0.25) is 5.91 Å². The quantitative estimate of drug-likeness (QED) is 0.741. The molecule has 1 heterocycles. The third-order valence-corrected chi connectivity index (χ3v) is 3.56. The molecule has 1 aromatic rings. The van der Waals surface area contributed by atoms with E-state index >= 15 is 0 Å². The molecule has 7 nitrogen and oxygen atoms in total. The van der Waals surface area contributed by atoms with Crippen molar-refractivity contribution in [3.8, 4) is 5.75 Å². The molecule has 2 rings (SSSR count). The average Bonchev–Trinajstić information content (AvgIpc) is 2.59. The lowest BCUT2D eigenvalue weighted by atomic mass is 10.2. The van der Waals surface area contributed by atoms with Crippen molar-refractivity contribution >= 4 is 11.8 Å². The zero-order valence-corrected chi connectivity index (χ0v) is 14.1. The first-order chi connectivity index (χ1) is 11.6. The minimum absolute atomic E-state index is 0.0750. The number of hydrogen-bond acceptors (Lipinski definition) is 5. The number of benzene rings is 1. The van der Waals surface area contributed by atoms with Gasteiger partial charge in [-0.05, 0) is 24.3 Å². The Morgan fingerprint density at radius 3 is 2.67 bits per heavy atom. The predicted octanol–water partition coefficient (Wildman–Crippen LogP) is 0.689. The molecule has 7 heteroatoms. The summed E-state index contributed by atoms with van der Waals surface area (Å²) in [4.78, 5) is 24.8. The minimum atomic E-state index is -0.0880. The van der Waals surface area contributed by atoms with Gasteiger partial charge in [-0.25, -0.2) is 0 Å². The molecular weight excluding hydrogens is 312 g/mol. The molecule has 1 unspecified atom stereocenters. The number of rotatable bonds is 7. The third-order valence-electron chi connectivity index (χ3n) is 3.56. The van der Waals surface area contributed by atoms with Crippen molar-refractivity contribution in [3.05, 3.63) is 29.8 Å². The van der Waals surface area contributed by atoms with Gasteiger partial charge in [0.05, 0.1) is 32.5 Å². The Hall–Kier alpha value is -2.12. The molecule has 1 N–H and O–H groups in total. The lowest BCUT2D eigenvalue weighted by Crippen LogP contribution is -2.40. The van der Waals surface area contributed by atoms with Crippen molar-refractivity contribution in [2.24, 2.45) is 0 Å². The van der Waals surface area contributed by atoms with Crippen LogP contribution in [0, 0.1) is 0 Å². The lowest BCUT2D eigenvalue weighted by molar-refractivity contribution is -0.119. The molecule has 1 saturated heterocycles. The van der Waals surface area contributed by atoms with Gasteiger partial charge < -0.3 is 24.4 Å². The van der Waals surface area contributed by atoms with Crippen LogP contribution in [0.3, 0.4) is 0 Å². The third kappa shape index (κ3) is 5.82. The summed E-state index contributed by atoms with van der Waals surface area (Å²) in [5.74, 6) is 0.493. The number of amides is 2. The summed E-state index contributed by atoms with van der Waals surface area (Å²) in [6.07, 6.45) is -0.0796. The van der Waals surface area contributed by atoms with Crippen molar-refractivity contribution < 1.29 is 23.8 Å². The maximum Gasteiger partial charge on any atom is 0.253 e. The number of carbonyl (C=O) groups excluding carboxylic acids is 2. The van der Waals surface area contributed by atoms with Gasteiger partial charge in [-0.15, -0.1) is 0 Å². The zero-order valence-electron chi connectivity index (χ0n) is 14.1. The molecule has 1 aliphatic rings. The number of likely N-dealkylation sites (N-methyl/N-ethyl adjacent to an activating group) is 1. The molecule has 1 atom stereocenters. The first kappa shape index (κ1) is 18.2. The highest BCUT2D eigenvalue weighted by Crippen LogP contribution is 2.14. The number of carbonyl (C=O) groups is 2. The Kier molecular flexibility index (Phi) is 7.02. The fourth-order valence-electron chi connectivity index (χ4n) is 2.34. The summed E-state index contributed by atoms with van der Waals surface area (Å²) in [5.41, 5.74) is 0.587. The SMILES string of the molecule is CC(=O)NCCOc1ccc(C(=O)N(C)CC2COCCO2)cc1. The van der Waals surface area contributed by atoms with Crippen LogP contribution in [0.2, 0.25) is 0 Å². The van der Waals surface area contributed by atoms with Crippen LogP contribution in [0.15, 0.2) is 24.3 Å². The molecule has 1 fully saturated rings.